The van der Waals surface area contributed by atoms with E-state index in [0.29, 0.717) is 18.9 Å². The fraction of sp³-hybridized carbons (Fsp3) is 0.316. The molecule has 2 unspecified atom stereocenters. The molecule has 1 amide bonds. The standard InChI is InChI=1S/C19H22N2O/c20-18(15-7-2-1-3-8-15)12-19(22)21-13-16-11-10-14-6-4-5-9-17(14)16/h1-9,16,18H,10-13,20H2,(H,21,22). The van der Waals surface area contributed by atoms with Gasteiger partial charge in [-0.15, -0.1) is 0 Å². The van der Waals surface area contributed by atoms with Crippen LogP contribution in [0.3, 0.4) is 0 Å². The van der Waals surface area contributed by atoms with E-state index in [0.717, 1.165) is 18.4 Å². The van der Waals surface area contributed by atoms with Gasteiger partial charge < -0.3 is 11.1 Å². The zero-order chi connectivity index (χ0) is 15.4. The summed E-state index contributed by atoms with van der Waals surface area (Å²) in [6.45, 7) is 0.706. The van der Waals surface area contributed by atoms with Gasteiger partial charge in [-0.3, -0.25) is 4.79 Å². The van der Waals surface area contributed by atoms with Crippen LogP contribution >= 0.6 is 0 Å². The number of aryl methyl sites for hydroxylation is 1. The zero-order valence-electron chi connectivity index (χ0n) is 12.7. The number of carbonyl (C=O) groups excluding carboxylic acids is 1. The van der Waals surface area contributed by atoms with Crippen LogP contribution in [0.1, 0.15) is 41.5 Å². The number of rotatable bonds is 5. The first-order valence-electron chi connectivity index (χ1n) is 7.89. The van der Waals surface area contributed by atoms with E-state index >= 15 is 0 Å². The lowest BCUT2D eigenvalue weighted by atomic mass is 10.0. The van der Waals surface area contributed by atoms with Gasteiger partial charge in [0.05, 0.1) is 0 Å². The van der Waals surface area contributed by atoms with Crippen molar-refractivity contribution in [3.8, 4) is 0 Å². The number of carbonyl (C=O) groups is 1. The Hall–Kier alpha value is -2.13. The molecule has 0 fully saturated rings. The number of fused-ring (bicyclic) bond motifs is 1. The minimum atomic E-state index is -0.239. The van der Waals surface area contributed by atoms with Gasteiger partial charge in [-0.05, 0) is 29.5 Å². The summed E-state index contributed by atoms with van der Waals surface area (Å²) >= 11 is 0. The monoisotopic (exact) mass is 294 g/mol. The van der Waals surface area contributed by atoms with Crippen molar-refractivity contribution in [3.63, 3.8) is 0 Å². The normalized spacial score (nSPS) is 17.8. The second-order valence-electron chi connectivity index (χ2n) is 5.96. The maximum atomic E-state index is 12.1. The van der Waals surface area contributed by atoms with Crippen LogP contribution in [0.5, 0.6) is 0 Å². The molecule has 0 saturated carbocycles. The van der Waals surface area contributed by atoms with Gasteiger partial charge in [0.15, 0.2) is 0 Å². The molecule has 22 heavy (non-hydrogen) atoms. The summed E-state index contributed by atoms with van der Waals surface area (Å²) in [5, 5.41) is 3.05. The van der Waals surface area contributed by atoms with E-state index in [1.807, 2.05) is 30.3 Å². The summed E-state index contributed by atoms with van der Waals surface area (Å²) in [7, 11) is 0. The van der Waals surface area contributed by atoms with E-state index in [4.69, 9.17) is 5.73 Å². The predicted molar refractivity (Wildman–Crippen MR) is 88.5 cm³/mol. The largest absolute Gasteiger partial charge is 0.355 e. The van der Waals surface area contributed by atoms with Crippen LogP contribution in [0.4, 0.5) is 0 Å². The molecule has 0 spiro atoms. The Morgan fingerprint density at radius 2 is 1.86 bits per heavy atom. The van der Waals surface area contributed by atoms with Crippen LogP contribution < -0.4 is 11.1 Å². The average molecular weight is 294 g/mol. The first-order chi connectivity index (χ1) is 10.7. The second-order valence-corrected chi connectivity index (χ2v) is 5.96. The molecular weight excluding hydrogens is 272 g/mol. The molecule has 1 aliphatic rings. The quantitative estimate of drug-likeness (QED) is 0.891. The van der Waals surface area contributed by atoms with Gasteiger partial charge in [-0.1, -0.05) is 54.6 Å². The molecule has 1 aliphatic carbocycles. The lowest BCUT2D eigenvalue weighted by molar-refractivity contribution is -0.121. The highest BCUT2D eigenvalue weighted by molar-refractivity contribution is 5.76. The number of nitrogens with one attached hydrogen (secondary N) is 1. The molecule has 2 atom stereocenters. The topological polar surface area (TPSA) is 55.1 Å². The van der Waals surface area contributed by atoms with E-state index in [2.05, 4.69) is 29.6 Å². The number of nitrogens with two attached hydrogens (primary N) is 1. The van der Waals surface area contributed by atoms with Crippen molar-refractivity contribution in [1.29, 1.82) is 0 Å². The number of hydrogen-bond donors (Lipinski definition) is 2. The minimum absolute atomic E-state index is 0.0285. The summed E-state index contributed by atoms with van der Waals surface area (Å²) < 4.78 is 0. The summed E-state index contributed by atoms with van der Waals surface area (Å²) in [5.41, 5.74) is 9.90. The first kappa shape index (κ1) is 14.8. The van der Waals surface area contributed by atoms with Crippen molar-refractivity contribution in [2.45, 2.75) is 31.2 Å². The molecule has 0 heterocycles. The maximum absolute atomic E-state index is 12.1. The van der Waals surface area contributed by atoms with Crippen molar-refractivity contribution in [3.05, 3.63) is 71.3 Å². The van der Waals surface area contributed by atoms with Gasteiger partial charge >= 0.3 is 0 Å². The third-order valence-electron chi connectivity index (χ3n) is 4.44. The average Bonchev–Trinajstić information content (AvgIpc) is 2.97. The Kier molecular flexibility index (Phi) is 4.54. The summed E-state index contributed by atoms with van der Waals surface area (Å²) in [4.78, 5) is 12.1. The van der Waals surface area contributed by atoms with Gasteiger partial charge in [0.1, 0.15) is 0 Å². The SMILES string of the molecule is NC(CC(=O)NCC1CCc2ccccc21)c1ccccc1. The van der Waals surface area contributed by atoms with Crippen LogP contribution in [0.15, 0.2) is 54.6 Å². The molecule has 0 aromatic heterocycles. The van der Waals surface area contributed by atoms with Crippen molar-refractivity contribution < 1.29 is 4.79 Å². The Balaban J connectivity index is 1.51. The van der Waals surface area contributed by atoms with Crippen molar-refractivity contribution >= 4 is 5.91 Å². The highest BCUT2D eigenvalue weighted by atomic mass is 16.1. The summed E-state index contributed by atoms with van der Waals surface area (Å²) in [5.74, 6) is 0.467. The second kappa shape index (κ2) is 6.75. The predicted octanol–water partition coefficient (Wildman–Crippen LogP) is 2.92. The molecule has 3 N–H and O–H groups in total. The molecular formula is C19H22N2O. The number of hydrogen-bond acceptors (Lipinski definition) is 2. The lowest BCUT2D eigenvalue weighted by Gasteiger charge is -2.15. The molecule has 3 rings (SSSR count). The van der Waals surface area contributed by atoms with E-state index < -0.39 is 0 Å². The van der Waals surface area contributed by atoms with Crippen LogP contribution in [0, 0.1) is 0 Å². The van der Waals surface area contributed by atoms with Gasteiger partial charge in [0.25, 0.3) is 0 Å². The van der Waals surface area contributed by atoms with Crippen molar-refractivity contribution in [1.82, 2.24) is 5.32 Å². The molecule has 3 nitrogen and oxygen atoms in total. The first-order valence-corrected chi connectivity index (χ1v) is 7.89. The Morgan fingerprint density at radius 1 is 1.14 bits per heavy atom. The van der Waals surface area contributed by atoms with E-state index in [1.165, 1.54) is 11.1 Å². The highest BCUT2D eigenvalue weighted by Crippen LogP contribution is 2.32. The van der Waals surface area contributed by atoms with Gasteiger partial charge in [-0.2, -0.15) is 0 Å². The highest BCUT2D eigenvalue weighted by Gasteiger charge is 2.22. The molecule has 2 aromatic carbocycles. The summed E-state index contributed by atoms with van der Waals surface area (Å²) in [6, 6.07) is 18.0. The zero-order valence-corrected chi connectivity index (χ0v) is 12.7. The molecule has 0 bridgehead atoms. The van der Waals surface area contributed by atoms with Crippen molar-refractivity contribution in [2.24, 2.45) is 5.73 Å². The van der Waals surface area contributed by atoms with Gasteiger partial charge in [0.2, 0.25) is 5.91 Å². The fourth-order valence-corrected chi connectivity index (χ4v) is 3.18. The molecule has 0 saturated heterocycles. The molecule has 114 valence electrons. The third-order valence-corrected chi connectivity index (χ3v) is 4.44. The van der Waals surface area contributed by atoms with E-state index in [-0.39, 0.29) is 11.9 Å². The van der Waals surface area contributed by atoms with Crippen LogP contribution in [0.2, 0.25) is 0 Å². The van der Waals surface area contributed by atoms with Crippen LogP contribution in [-0.2, 0) is 11.2 Å². The molecule has 2 aromatic rings. The van der Waals surface area contributed by atoms with Crippen LogP contribution in [-0.4, -0.2) is 12.5 Å². The Labute approximate surface area is 131 Å². The molecule has 0 aliphatic heterocycles. The minimum Gasteiger partial charge on any atom is -0.355 e. The van der Waals surface area contributed by atoms with E-state index in [1.54, 1.807) is 0 Å². The van der Waals surface area contributed by atoms with E-state index in [9.17, 15) is 4.79 Å². The van der Waals surface area contributed by atoms with Gasteiger partial charge in [-0.25, -0.2) is 0 Å². The smallest absolute Gasteiger partial charge is 0.221 e. The Morgan fingerprint density at radius 3 is 2.68 bits per heavy atom. The van der Waals surface area contributed by atoms with Crippen molar-refractivity contribution in [2.75, 3.05) is 6.54 Å². The van der Waals surface area contributed by atoms with Crippen LogP contribution in [0.25, 0.3) is 0 Å². The third kappa shape index (κ3) is 3.37. The maximum Gasteiger partial charge on any atom is 0.221 e. The fourth-order valence-electron chi connectivity index (χ4n) is 3.18. The Bertz CT molecular complexity index is 639. The lowest BCUT2D eigenvalue weighted by Crippen LogP contribution is -2.30. The van der Waals surface area contributed by atoms with Gasteiger partial charge in [0, 0.05) is 24.9 Å². The number of amides is 1. The molecule has 3 heteroatoms. The summed E-state index contributed by atoms with van der Waals surface area (Å²) in [6.07, 6.45) is 2.56. The molecule has 0 radical (unpaired) electrons. The number of benzene rings is 2.